The summed E-state index contributed by atoms with van der Waals surface area (Å²) in [5.74, 6) is 0.778. The summed E-state index contributed by atoms with van der Waals surface area (Å²) in [6.45, 7) is 1.80. The van der Waals surface area contributed by atoms with Crippen LogP contribution in [0.5, 0.6) is 0 Å². The minimum absolute atomic E-state index is 0.00689. The van der Waals surface area contributed by atoms with E-state index in [9.17, 15) is 35.9 Å². The van der Waals surface area contributed by atoms with E-state index >= 15 is 0 Å². The van der Waals surface area contributed by atoms with Crippen molar-refractivity contribution in [1.29, 1.82) is 0 Å². The number of hydrogen-bond acceptors (Lipinski definition) is 6. The van der Waals surface area contributed by atoms with Crippen LogP contribution in [0, 0.1) is 5.41 Å². The SMILES string of the molecule is COC(=O)SN(C(=O)N1CC(C)(CCCSC)C(c2ccc(C(F)(F)F)c(Cl)c2)=N1)c1ccc(C(F)(F)F)cc1. The van der Waals surface area contributed by atoms with Gasteiger partial charge in [0.1, 0.15) is 0 Å². The van der Waals surface area contributed by atoms with Gasteiger partial charge in [-0.25, -0.2) is 18.9 Å². The van der Waals surface area contributed by atoms with Gasteiger partial charge < -0.3 is 4.74 Å². The zero-order chi connectivity index (χ0) is 29.9. The molecular weight excluding hydrogens is 604 g/mol. The van der Waals surface area contributed by atoms with E-state index in [0.29, 0.717) is 30.5 Å². The number of hydrazone groups is 1. The number of carbonyl (C=O) groups excluding carboxylic acids is 2. The van der Waals surface area contributed by atoms with E-state index in [-0.39, 0.29) is 17.8 Å². The summed E-state index contributed by atoms with van der Waals surface area (Å²) in [5, 5.41) is 4.02. The number of urea groups is 1. The average Bonchev–Trinajstić information content (AvgIpc) is 3.23. The lowest BCUT2D eigenvalue weighted by atomic mass is 9.78. The highest BCUT2D eigenvalue weighted by atomic mass is 35.5. The van der Waals surface area contributed by atoms with E-state index in [2.05, 4.69) is 9.84 Å². The van der Waals surface area contributed by atoms with E-state index in [1.165, 1.54) is 6.07 Å². The Hall–Kier alpha value is -2.58. The van der Waals surface area contributed by atoms with Crippen molar-refractivity contribution < 1.29 is 40.7 Å². The van der Waals surface area contributed by atoms with Crippen LogP contribution in [0.15, 0.2) is 47.6 Å². The molecule has 0 spiro atoms. The van der Waals surface area contributed by atoms with Crippen molar-refractivity contribution >= 4 is 58.0 Å². The summed E-state index contributed by atoms with van der Waals surface area (Å²) in [7, 11) is 1.08. The highest BCUT2D eigenvalue weighted by molar-refractivity contribution is 8.15. The van der Waals surface area contributed by atoms with Gasteiger partial charge in [0.2, 0.25) is 0 Å². The largest absolute Gasteiger partial charge is 0.460 e. The quantitative estimate of drug-likeness (QED) is 0.139. The molecule has 0 N–H and O–H groups in total. The predicted octanol–water partition coefficient (Wildman–Crippen LogP) is 8.59. The summed E-state index contributed by atoms with van der Waals surface area (Å²) >= 11 is 7.87. The Morgan fingerprint density at radius 3 is 2.27 bits per heavy atom. The molecule has 1 aliphatic rings. The molecule has 15 heteroatoms. The van der Waals surface area contributed by atoms with Gasteiger partial charge in [-0.2, -0.15) is 43.2 Å². The molecule has 1 heterocycles. The zero-order valence-electron chi connectivity index (χ0n) is 21.4. The van der Waals surface area contributed by atoms with Crippen LogP contribution < -0.4 is 4.31 Å². The van der Waals surface area contributed by atoms with Crippen molar-refractivity contribution in [1.82, 2.24) is 5.01 Å². The molecule has 0 bridgehead atoms. The van der Waals surface area contributed by atoms with E-state index < -0.39 is 45.2 Å². The first-order valence-electron chi connectivity index (χ1n) is 11.6. The van der Waals surface area contributed by atoms with Gasteiger partial charge in [-0.15, -0.1) is 0 Å². The maximum absolute atomic E-state index is 13.6. The fourth-order valence-corrected chi connectivity index (χ4v) is 5.44. The lowest BCUT2D eigenvalue weighted by Crippen LogP contribution is -2.40. The zero-order valence-corrected chi connectivity index (χ0v) is 23.8. The molecule has 0 aromatic heterocycles. The highest BCUT2D eigenvalue weighted by Crippen LogP contribution is 2.41. The molecule has 2 aromatic rings. The molecule has 1 unspecified atom stereocenters. The second kappa shape index (κ2) is 12.5. The topological polar surface area (TPSA) is 62.2 Å². The molecule has 0 saturated carbocycles. The van der Waals surface area contributed by atoms with Gasteiger partial charge in [0.25, 0.3) is 0 Å². The highest BCUT2D eigenvalue weighted by Gasteiger charge is 2.43. The van der Waals surface area contributed by atoms with Gasteiger partial charge in [0.05, 0.1) is 53.2 Å². The molecule has 0 radical (unpaired) electrons. The molecule has 2 amide bonds. The molecular formula is C25H24ClF6N3O3S2. The Morgan fingerprint density at radius 2 is 1.75 bits per heavy atom. The second-order valence-corrected chi connectivity index (χ2v) is 11.3. The van der Waals surface area contributed by atoms with E-state index in [1.807, 2.05) is 6.26 Å². The normalized spacial score (nSPS) is 17.6. The second-order valence-electron chi connectivity index (χ2n) is 9.02. The van der Waals surface area contributed by atoms with Crippen LogP contribution in [0.3, 0.4) is 0 Å². The summed E-state index contributed by atoms with van der Waals surface area (Å²) in [5.41, 5.74) is -2.23. The monoisotopic (exact) mass is 627 g/mol. The standard InChI is InChI=1S/C25H24ClF6N3O3S2/c1-23(11-4-12-39-3)14-34(33-20(23)15-5-10-18(19(26)13-15)25(30,31)32)21(36)35(40-22(37)38-2)17-8-6-16(7-9-17)24(27,28)29/h5-10,13H,4,11-12,14H2,1-3H3. The number of carbonyl (C=O) groups is 2. The van der Waals surface area contributed by atoms with Gasteiger partial charge in [-0.1, -0.05) is 24.6 Å². The van der Waals surface area contributed by atoms with E-state index in [0.717, 1.165) is 58.6 Å². The Kier molecular flexibility index (Phi) is 9.99. The fraction of sp³-hybridized carbons (Fsp3) is 0.400. The van der Waals surface area contributed by atoms with Gasteiger partial charge in [0, 0.05) is 5.41 Å². The van der Waals surface area contributed by atoms with Crippen molar-refractivity contribution in [2.75, 3.05) is 30.0 Å². The average molecular weight is 628 g/mol. The number of hydrogen-bond donors (Lipinski definition) is 0. The lowest BCUT2D eigenvalue weighted by Gasteiger charge is -2.28. The van der Waals surface area contributed by atoms with Crippen molar-refractivity contribution in [3.63, 3.8) is 0 Å². The number of thioether (sulfide) groups is 1. The maximum Gasteiger partial charge on any atom is 0.417 e. The number of amides is 2. The number of alkyl halides is 6. The number of methoxy groups -OCH3 is 1. The van der Waals surface area contributed by atoms with E-state index in [1.54, 1.807) is 18.7 Å². The molecule has 2 aromatic carbocycles. The van der Waals surface area contributed by atoms with Gasteiger partial charge in [-0.3, -0.25) is 0 Å². The molecule has 0 fully saturated rings. The molecule has 3 rings (SSSR count). The van der Waals surface area contributed by atoms with E-state index in [4.69, 9.17) is 11.6 Å². The van der Waals surface area contributed by atoms with Crippen LogP contribution in [0.25, 0.3) is 0 Å². The summed E-state index contributed by atoms with van der Waals surface area (Å²) in [6.07, 6.45) is -6.14. The van der Waals surface area contributed by atoms with Gasteiger partial charge in [0.15, 0.2) is 0 Å². The predicted molar refractivity (Wildman–Crippen MR) is 145 cm³/mol. The van der Waals surface area contributed by atoms with Crippen LogP contribution in [-0.2, 0) is 17.1 Å². The van der Waals surface area contributed by atoms with Crippen LogP contribution in [0.2, 0.25) is 5.02 Å². The number of rotatable bonds is 6. The first-order chi connectivity index (χ1) is 18.6. The Morgan fingerprint density at radius 1 is 1.10 bits per heavy atom. The smallest absolute Gasteiger partial charge is 0.417 e. The van der Waals surface area contributed by atoms with Crippen molar-refractivity contribution in [3.05, 3.63) is 64.2 Å². The van der Waals surface area contributed by atoms with Crippen LogP contribution in [0.1, 0.15) is 36.5 Å². The summed E-state index contributed by atoms with van der Waals surface area (Å²) in [4.78, 5) is 25.7. The summed E-state index contributed by atoms with van der Waals surface area (Å²) < 4.78 is 84.5. The molecule has 40 heavy (non-hydrogen) atoms. The maximum atomic E-state index is 13.6. The Bertz CT molecular complexity index is 1270. The third kappa shape index (κ3) is 7.38. The first-order valence-corrected chi connectivity index (χ1v) is 14.1. The number of halogens is 7. The van der Waals surface area contributed by atoms with Gasteiger partial charge >= 0.3 is 23.7 Å². The fourth-order valence-electron chi connectivity index (χ4n) is 4.10. The Balaban J connectivity index is 2.03. The molecule has 6 nitrogen and oxygen atoms in total. The van der Waals surface area contributed by atoms with Crippen LogP contribution >= 0.6 is 35.3 Å². The molecule has 1 atom stereocenters. The summed E-state index contributed by atoms with van der Waals surface area (Å²) in [6, 6.07) is 5.95. The molecule has 218 valence electrons. The number of anilines is 1. The van der Waals surface area contributed by atoms with Crippen LogP contribution in [0.4, 0.5) is 41.6 Å². The minimum atomic E-state index is -4.66. The van der Waals surface area contributed by atoms with Crippen molar-refractivity contribution in [2.24, 2.45) is 10.5 Å². The number of ether oxygens (including phenoxy) is 1. The molecule has 0 aliphatic carbocycles. The molecule has 1 aliphatic heterocycles. The van der Waals surface area contributed by atoms with Gasteiger partial charge in [-0.05, 0) is 66.8 Å². The van der Waals surface area contributed by atoms with Crippen molar-refractivity contribution in [3.8, 4) is 0 Å². The van der Waals surface area contributed by atoms with Crippen LogP contribution in [-0.4, -0.2) is 47.7 Å². The van der Waals surface area contributed by atoms with Crippen molar-refractivity contribution in [2.45, 2.75) is 32.1 Å². The molecule has 0 saturated heterocycles. The third-order valence-electron chi connectivity index (χ3n) is 6.07. The lowest BCUT2D eigenvalue weighted by molar-refractivity contribution is -0.138. The number of benzene rings is 2. The third-order valence-corrected chi connectivity index (χ3v) is 7.95. The Labute approximate surface area is 240 Å². The first kappa shape index (κ1) is 31.9. The minimum Gasteiger partial charge on any atom is -0.460 e. The number of nitrogens with zero attached hydrogens (tertiary/aromatic N) is 3.